The quantitative estimate of drug-likeness (QED) is 0.322. The summed E-state index contributed by atoms with van der Waals surface area (Å²) in [6, 6.07) is 22.7. The van der Waals surface area contributed by atoms with Gasteiger partial charge in [-0.15, -0.1) is 0 Å². The van der Waals surface area contributed by atoms with Gasteiger partial charge in [0.1, 0.15) is 12.1 Å². The van der Waals surface area contributed by atoms with Gasteiger partial charge < -0.3 is 4.74 Å². The molecule has 1 aliphatic heterocycles. The number of hydrogen-bond donors (Lipinski definition) is 0. The number of hydrogen-bond acceptors (Lipinski definition) is 6. The molecule has 0 saturated heterocycles. The first-order valence-corrected chi connectivity index (χ1v) is 10.7. The van der Waals surface area contributed by atoms with Crippen LogP contribution in [-0.2, 0) is 0 Å². The van der Waals surface area contributed by atoms with Crippen molar-refractivity contribution in [3.05, 3.63) is 112 Å². The highest BCUT2D eigenvalue weighted by Crippen LogP contribution is 2.42. The largest absolute Gasteiger partial charge is 0.497 e. The Balaban J connectivity index is 1.64. The standard InChI is InChI=1S/C25H21N5O4/c1-34-21-12-10-18(11-13-21)22-15-23(17-6-3-2-4-7-17)29-25(26-16-27-29)28(22)24(31)19-8-5-9-20(14-19)30(32)33/h2-14,16,22-23H,15H2,1H3/t22-,23-/m0/s1. The van der Waals surface area contributed by atoms with Gasteiger partial charge in [-0.3, -0.25) is 19.8 Å². The Hall–Kier alpha value is -4.53. The first-order chi connectivity index (χ1) is 16.6. The monoisotopic (exact) mass is 455 g/mol. The summed E-state index contributed by atoms with van der Waals surface area (Å²) in [5, 5.41) is 15.7. The fourth-order valence-electron chi connectivity index (χ4n) is 4.38. The van der Waals surface area contributed by atoms with Gasteiger partial charge >= 0.3 is 0 Å². The fourth-order valence-corrected chi connectivity index (χ4v) is 4.38. The Kier molecular flexibility index (Phi) is 5.51. The number of aromatic nitrogens is 3. The molecule has 0 spiro atoms. The van der Waals surface area contributed by atoms with Crippen molar-refractivity contribution in [3.63, 3.8) is 0 Å². The molecule has 3 aromatic carbocycles. The van der Waals surface area contributed by atoms with E-state index in [2.05, 4.69) is 10.1 Å². The van der Waals surface area contributed by atoms with E-state index in [1.54, 1.807) is 22.8 Å². The average Bonchev–Trinajstić information content (AvgIpc) is 3.38. The van der Waals surface area contributed by atoms with E-state index in [4.69, 9.17) is 4.74 Å². The lowest BCUT2D eigenvalue weighted by Crippen LogP contribution is -2.42. The minimum absolute atomic E-state index is 0.139. The third kappa shape index (κ3) is 3.77. The van der Waals surface area contributed by atoms with Crippen molar-refractivity contribution in [2.45, 2.75) is 18.5 Å². The molecule has 2 heterocycles. The van der Waals surface area contributed by atoms with Crippen LogP contribution in [0.4, 0.5) is 11.6 Å². The number of nitrogens with zero attached hydrogens (tertiary/aromatic N) is 5. The van der Waals surface area contributed by atoms with Crippen LogP contribution in [0.1, 0.15) is 40.0 Å². The molecule has 170 valence electrons. The molecule has 1 aromatic heterocycles. The highest BCUT2D eigenvalue weighted by molar-refractivity contribution is 6.06. The van der Waals surface area contributed by atoms with Gasteiger partial charge in [-0.05, 0) is 35.7 Å². The maximum atomic E-state index is 13.8. The van der Waals surface area contributed by atoms with Crippen LogP contribution in [-0.4, -0.2) is 32.7 Å². The van der Waals surface area contributed by atoms with Gasteiger partial charge in [-0.2, -0.15) is 10.1 Å². The summed E-state index contributed by atoms with van der Waals surface area (Å²) < 4.78 is 7.04. The molecule has 0 fully saturated rings. The lowest BCUT2D eigenvalue weighted by molar-refractivity contribution is -0.384. The van der Waals surface area contributed by atoms with Crippen LogP contribution in [0.25, 0.3) is 0 Å². The first kappa shape index (κ1) is 21.3. The van der Waals surface area contributed by atoms with Gasteiger partial charge in [0, 0.05) is 17.7 Å². The maximum Gasteiger partial charge on any atom is 0.270 e. The van der Waals surface area contributed by atoms with Crippen molar-refractivity contribution >= 4 is 17.5 Å². The molecule has 0 radical (unpaired) electrons. The average molecular weight is 455 g/mol. The number of nitro benzene ring substituents is 1. The topological polar surface area (TPSA) is 103 Å². The molecular formula is C25H21N5O4. The number of rotatable bonds is 5. The van der Waals surface area contributed by atoms with E-state index in [1.807, 2.05) is 54.6 Å². The van der Waals surface area contributed by atoms with E-state index >= 15 is 0 Å². The van der Waals surface area contributed by atoms with Crippen LogP contribution < -0.4 is 9.64 Å². The van der Waals surface area contributed by atoms with Gasteiger partial charge in [0.15, 0.2) is 0 Å². The minimum Gasteiger partial charge on any atom is -0.497 e. The highest BCUT2D eigenvalue weighted by atomic mass is 16.6. The van der Waals surface area contributed by atoms with Crippen LogP contribution in [0.15, 0.2) is 85.2 Å². The predicted octanol–water partition coefficient (Wildman–Crippen LogP) is 4.58. The third-order valence-corrected chi connectivity index (χ3v) is 6.03. The zero-order chi connectivity index (χ0) is 23.7. The molecule has 4 aromatic rings. The van der Waals surface area contributed by atoms with Crippen molar-refractivity contribution in [2.75, 3.05) is 12.0 Å². The SMILES string of the molecule is COc1ccc([C@@H]2C[C@@H](c3ccccc3)n3ncnc3N2C(=O)c2cccc([N+](=O)[O-])c2)cc1. The maximum absolute atomic E-state index is 13.8. The van der Waals surface area contributed by atoms with Gasteiger partial charge in [0.25, 0.3) is 11.6 Å². The number of methoxy groups -OCH3 is 1. The van der Waals surface area contributed by atoms with Crippen LogP contribution in [0.3, 0.4) is 0 Å². The molecule has 1 amide bonds. The molecule has 9 nitrogen and oxygen atoms in total. The Labute approximate surface area is 195 Å². The fraction of sp³-hybridized carbons (Fsp3) is 0.160. The van der Waals surface area contributed by atoms with E-state index in [9.17, 15) is 14.9 Å². The van der Waals surface area contributed by atoms with Gasteiger partial charge in [0.2, 0.25) is 5.95 Å². The zero-order valence-electron chi connectivity index (χ0n) is 18.3. The molecule has 2 atom stereocenters. The summed E-state index contributed by atoms with van der Waals surface area (Å²) in [6.45, 7) is 0. The Morgan fingerprint density at radius 2 is 1.74 bits per heavy atom. The van der Waals surface area contributed by atoms with Gasteiger partial charge in [0.05, 0.1) is 24.1 Å². The zero-order valence-corrected chi connectivity index (χ0v) is 18.3. The normalized spacial score (nSPS) is 17.1. The second-order valence-corrected chi connectivity index (χ2v) is 7.94. The summed E-state index contributed by atoms with van der Waals surface area (Å²) in [6.07, 6.45) is 1.97. The smallest absolute Gasteiger partial charge is 0.270 e. The molecule has 0 N–H and O–H groups in total. The molecular weight excluding hydrogens is 434 g/mol. The van der Waals surface area contributed by atoms with E-state index in [0.29, 0.717) is 18.1 Å². The van der Waals surface area contributed by atoms with Crippen molar-refractivity contribution in [1.29, 1.82) is 0 Å². The number of anilines is 1. The van der Waals surface area contributed by atoms with Gasteiger partial charge in [-0.25, -0.2) is 4.68 Å². The number of carbonyl (C=O) groups is 1. The van der Waals surface area contributed by atoms with Crippen LogP contribution >= 0.6 is 0 Å². The number of carbonyl (C=O) groups excluding carboxylic acids is 1. The summed E-state index contributed by atoms with van der Waals surface area (Å²) >= 11 is 0. The van der Waals surface area contributed by atoms with Crippen molar-refractivity contribution in [3.8, 4) is 5.75 Å². The van der Waals surface area contributed by atoms with Crippen molar-refractivity contribution in [1.82, 2.24) is 14.8 Å². The summed E-state index contributed by atoms with van der Waals surface area (Å²) in [4.78, 5) is 30.6. The van der Waals surface area contributed by atoms with Crippen molar-refractivity contribution < 1.29 is 14.5 Å². The van der Waals surface area contributed by atoms with Crippen molar-refractivity contribution in [2.24, 2.45) is 0 Å². The van der Waals surface area contributed by atoms with E-state index in [-0.39, 0.29) is 29.2 Å². The van der Waals surface area contributed by atoms with E-state index in [1.165, 1.54) is 24.5 Å². The number of non-ortho nitro benzene ring substituents is 1. The molecule has 0 unspecified atom stereocenters. The minimum atomic E-state index is -0.512. The van der Waals surface area contributed by atoms with Crippen LogP contribution in [0.5, 0.6) is 5.75 Å². The third-order valence-electron chi connectivity index (χ3n) is 6.03. The molecule has 0 aliphatic carbocycles. The Bertz CT molecular complexity index is 1340. The van der Waals surface area contributed by atoms with Gasteiger partial charge in [-0.1, -0.05) is 48.5 Å². The first-order valence-electron chi connectivity index (χ1n) is 10.7. The summed E-state index contributed by atoms with van der Waals surface area (Å²) in [7, 11) is 1.60. The molecule has 1 aliphatic rings. The lowest BCUT2D eigenvalue weighted by Gasteiger charge is -2.39. The predicted molar refractivity (Wildman–Crippen MR) is 125 cm³/mol. The number of ether oxygens (including phenoxy) is 1. The lowest BCUT2D eigenvalue weighted by atomic mass is 9.91. The number of fused-ring (bicyclic) bond motifs is 1. The molecule has 5 rings (SSSR count). The Morgan fingerprint density at radius 1 is 1.00 bits per heavy atom. The van der Waals surface area contributed by atoms with E-state index < -0.39 is 4.92 Å². The van der Waals surface area contributed by atoms with E-state index in [0.717, 1.165) is 11.1 Å². The summed E-state index contributed by atoms with van der Waals surface area (Å²) in [5.41, 5.74) is 2.01. The Morgan fingerprint density at radius 3 is 2.44 bits per heavy atom. The number of benzene rings is 3. The molecule has 0 bridgehead atoms. The summed E-state index contributed by atoms with van der Waals surface area (Å²) in [5.74, 6) is 0.710. The highest BCUT2D eigenvalue weighted by Gasteiger charge is 2.40. The number of amides is 1. The molecule has 9 heteroatoms. The number of nitro groups is 1. The molecule has 0 saturated carbocycles. The molecule has 34 heavy (non-hydrogen) atoms. The van der Waals surface area contributed by atoms with Crippen LogP contribution in [0.2, 0.25) is 0 Å². The second kappa shape index (κ2) is 8.78. The second-order valence-electron chi connectivity index (χ2n) is 7.94. The van der Waals surface area contributed by atoms with Crippen LogP contribution in [0, 0.1) is 10.1 Å².